The fraction of sp³-hybridized carbons (Fsp3) is 0.0769. The van der Waals surface area contributed by atoms with Crippen molar-refractivity contribution in [3.63, 3.8) is 0 Å². The molecule has 1 N–H and O–H groups in total. The molecule has 1 amide bonds. The van der Waals surface area contributed by atoms with Gasteiger partial charge in [-0.1, -0.05) is 35.3 Å². The molecule has 19 heavy (non-hydrogen) atoms. The highest BCUT2D eigenvalue weighted by Gasteiger charge is 2.06. The number of nitrogens with zero attached hydrogens (tertiary/aromatic N) is 1. The molecule has 0 bridgehead atoms. The Bertz CT molecular complexity index is 590. The maximum Gasteiger partial charge on any atom is 0.263 e. The number of para-hydroxylation sites is 1. The van der Waals surface area contributed by atoms with Crippen molar-refractivity contribution in [1.29, 1.82) is 0 Å². The largest absolute Gasteiger partial charge is 0.482 e. The first-order valence-electron chi connectivity index (χ1n) is 5.44. The average molecular weight is 297 g/mol. The van der Waals surface area contributed by atoms with Crippen molar-refractivity contribution in [2.45, 2.75) is 0 Å². The van der Waals surface area contributed by atoms with Crippen LogP contribution in [0.25, 0.3) is 0 Å². The van der Waals surface area contributed by atoms with E-state index in [1.807, 2.05) is 0 Å². The van der Waals surface area contributed by atoms with E-state index in [0.717, 1.165) is 0 Å². The van der Waals surface area contributed by atoms with E-state index in [-0.39, 0.29) is 12.5 Å². The Hall–Kier alpha value is -1.78. The second-order valence-electron chi connectivity index (χ2n) is 3.63. The molecule has 0 spiro atoms. The molecule has 0 fully saturated rings. The lowest BCUT2D eigenvalue weighted by Crippen LogP contribution is -2.20. The highest BCUT2D eigenvalue weighted by molar-refractivity contribution is 6.32. The van der Waals surface area contributed by atoms with Gasteiger partial charge in [-0.05, 0) is 24.3 Å². The normalized spacial score (nSPS) is 10.0. The lowest BCUT2D eigenvalue weighted by Gasteiger charge is -2.08. The fourth-order valence-electron chi connectivity index (χ4n) is 1.36. The number of carbonyl (C=O) groups is 1. The van der Waals surface area contributed by atoms with Crippen molar-refractivity contribution in [3.05, 3.63) is 52.6 Å². The molecule has 0 radical (unpaired) electrons. The van der Waals surface area contributed by atoms with Gasteiger partial charge in [-0.3, -0.25) is 4.79 Å². The first-order chi connectivity index (χ1) is 9.15. The van der Waals surface area contributed by atoms with Gasteiger partial charge in [0.15, 0.2) is 6.61 Å². The number of halogens is 2. The van der Waals surface area contributed by atoms with Crippen LogP contribution in [0.5, 0.6) is 5.75 Å². The fourth-order valence-corrected chi connectivity index (χ4v) is 1.71. The monoisotopic (exact) mass is 296 g/mol. The Balaban J connectivity index is 1.90. The zero-order valence-electron chi connectivity index (χ0n) is 9.77. The Morgan fingerprint density at radius 3 is 2.79 bits per heavy atom. The van der Waals surface area contributed by atoms with E-state index in [0.29, 0.717) is 21.6 Å². The zero-order valence-corrected chi connectivity index (χ0v) is 11.3. The molecule has 0 saturated heterocycles. The van der Waals surface area contributed by atoms with Crippen LogP contribution in [0.15, 0.2) is 42.6 Å². The molecule has 2 rings (SSSR count). The van der Waals surface area contributed by atoms with Crippen LogP contribution in [0.4, 0.5) is 5.82 Å². The van der Waals surface area contributed by atoms with Gasteiger partial charge >= 0.3 is 0 Å². The van der Waals surface area contributed by atoms with Gasteiger partial charge in [0.1, 0.15) is 11.6 Å². The Kier molecular flexibility index (Phi) is 4.60. The maximum atomic E-state index is 11.6. The summed E-state index contributed by atoms with van der Waals surface area (Å²) >= 11 is 11.7. The molecule has 0 aliphatic heterocycles. The molecule has 2 aromatic rings. The second-order valence-corrected chi connectivity index (χ2v) is 4.47. The van der Waals surface area contributed by atoms with E-state index in [9.17, 15) is 4.79 Å². The van der Waals surface area contributed by atoms with Crippen molar-refractivity contribution in [1.82, 2.24) is 4.98 Å². The molecule has 0 atom stereocenters. The number of ether oxygens (including phenoxy) is 1. The molecular formula is C13H10Cl2N2O2. The van der Waals surface area contributed by atoms with Gasteiger partial charge in [0.05, 0.1) is 5.02 Å². The quantitative estimate of drug-likeness (QED) is 0.941. The molecule has 1 aromatic heterocycles. The van der Waals surface area contributed by atoms with E-state index >= 15 is 0 Å². The number of carbonyl (C=O) groups excluding carboxylic acids is 1. The molecule has 0 aliphatic carbocycles. The minimum absolute atomic E-state index is 0.155. The predicted octanol–water partition coefficient (Wildman–Crippen LogP) is 3.41. The summed E-state index contributed by atoms with van der Waals surface area (Å²) in [4.78, 5) is 15.6. The summed E-state index contributed by atoms with van der Waals surface area (Å²) in [6.07, 6.45) is 1.51. The Morgan fingerprint density at radius 1 is 1.26 bits per heavy atom. The number of benzene rings is 1. The molecule has 1 heterocycles. The third-order valence-corrected chi connectivity index (χ3v) is 2.73. The van der Waals surface area contributed by atoms with Gasteiger partial charge in [0.25, 0.3) is 5.91 Å². The van der Waals surface area contributed by atoms with Crippen LogP contribution in [0.2, 0.25) is 10.0 Å². The number of rotatable bonds is 4. The third kappa shape index (κ3) is 4.12. The zero-order chi connectivity index (χ0) is 13.7. The summed E-state index contributed by atoms with van der Waals surface area (Å²) in [5, 5.41) is 3.52. The van der Waals surface area contributed by atoms with Crippen LogP contribution in [-0.4, -0.2) is 17.5 Å². The number of hydrogen-bond acceptors (Lipinski definition) is 3. The van der Waals surface area contributed by atoms with Gasteiger partial charge < -0.3 is 10.1 Å². The minimum Gasteiger partial charge on any atom is -0.482 e. The standard InChI is InChI=1S/C13H10Cl2N2O2/c14-9-5-6-16-12(7-9)17-13(18)8-19-11-4-2-1-3-10(11)15/h1-7H,8H2,(H,16,17,18). The first-order valence-corrected chi connectivity index (χ1v) is 6.19. The van der Waals surface area contributed by atoms with Crippen molar-refractivity contribution in [3.8, 4) is 5.75 Å². The molecule has 1 aromatic carbocycles. The Morgan fingerprint density at radius 2 is 2.05 bits per heavy atom. The smallest absolute Gasteiger partial charge is 0.263 e. The van der Waals surface area contributed by atoms with E-state index in [4.69, 9.17) is 27.9 Å². The third-order valence-electron chi connectivity index (χ3n) is 2.18. The summed E-state index contributed by atoms with van der Waals surface area (Å²) in [5.41, 5.74) is 0. The molecule has 6 heteroatoms. The lowest BCUT2D eigenvalue weighted by atomic mass is 10.3. The molecular weight excluding hydrogens is 287 g/mol. The molecule has 4 nitrogen and oxygen atoms in total. The minimum atomic E-state index is -0.338. The van der Waals surface area contributed by atoms with Crippen LogP contribution in [0.3, 0.4) is 0 Å². The number of nitrogens with one attached hydrogen (secondary N) is 1. The Labute approximate surface area is 120 Å². The first kappa shape index (κ1) is 13.6. The molecule has 0 saturated carbocycles. The number of anilines is 1. The number of hydrogen-bond donors (Lipinski definition) is 1. The molecule has 0 aliphatic rings. The number of aromatic nitrogens is 1. The number of pyridine rings is 1. The summed E-state index contributed by atoms with van der Waals surface area (Å²) < 4.78 is 5.30. The predicted molar refractivity (Wildman–Crippen MR) is 74.8 cm³/mol. The van der Waals surface area contributed by atoms with E-state index in [1.54, 1.807) is 36.4 Å². The van der Waals surface area contributed by atoms with E-state index in [2.05, 4.69) is 10.3 Å². The van der Waals surface area contributed by atoms with Crippen molar-refractivity contribution < 1.29 is 9.53 Å². The van der Waals surface area contributed by atoms with E-state index < -0.39 is 0 Å². The summed E-state index contributed by atoms with van der Waals surface area (Å²) in [5.74, 6) is 0.494. The number of amides is 1. The van der Waals surface area contributed by atoms with Crippen LogP contribution in [0.1, 0.15) is 0 Å². The summed E-state index contributed by atoms with van der Waals surface area (Å²) in [6.45, 7) is -0.155. The highest BCUT2D eigenvalue weighted by Crippen LogP contribution is 2.22. The summed E-state index contributed by atoms with van der Waals surface area (Å²) in [7, 11) is 0. The molecule has 0 unspecified atom stereocenters. The summed E-state index contributed by atoms with van der Waals surface area (Å²) in [6, 6.07) is 10.1. The van der Waals surface area contributed by atoms with E-state index in [1.165, 1.54) is 6.20 Å². The average Bonchev–Trinajstić information content (AvgIpc) is 2.38. The highest BCUT2D eigenvalue weighted by atomic mass is 35.5. The SMILES string of the molecule is O=C(COc1ccccc1Cl)Nc1cc(Cl)ccn1. The van der Waals surface area contributed by atoms with Crippen LogP contribution < -0.4 is 10.1 Å². The van der Waals surface area contributed by atoms with Crippen LogP contribution in [-0.2, 0) is 4.79 Å². The van der Waals surface area contributed by atoms with Gasteiger partial charge in [0, 0.05) is 11.2 Å². The van der Waals surface area contributed by atoms with Crippen molar-refractivity contribution in [2.75, 3.05) is 11.9 Å². The topological polar surface area (TPSA) is 51.2 Å². The van der Waals surface area contributed by atoms with Crippen molar-refractivity contribution in [2.24, 2.45) is 0 Å². The van der Waals surface area contributed by atoms with Gasteiger partial charge in [-0.15, -0.1) is 0 Å². The van der Waals surface area contributed by atoms with Gasteiger partial charge in [-0.25, -0.2) is 4.98 Å². The van der Waals surface area contributed by atoms with Crippen LogP contribution in [0, 0.1) is 0 Å². The van der Waals surface area contributed by atoms with Gasteiger partial charge in [-0.2, -0.15) is 0 Å². The maximum absolute atomic E-state index is 11.6. The van der Waals surface area contributed by atoms with Crippen LogP contribution >= 0.6 is 23.2 Å². The second kappa shape index (κ2) is 6.41. The van der Waals surface area contributed by atoms with Gasteiger partial charge in [0.2, 0.25) is 0 Å². The van der Waals surface area contributed by atoms with Crippen molar-refractivity contribution >= 4 is 34.9 Å². The molecule has 98 valence electrons. The lowest BCUT2D eigenvalue weighted by molar-refractivity contribution is -0.118.